The first-order valence-corrected chi connectivity index (χ1v) is 7.82. The Morgan fingerprint density at radius 3 is 2.78 bits per heavy atom. The zero-order valence-electron chi connectivity index (χ0n) is 12.7. The standard InChI is InChI=1S/C17H19NO5/c19-14(8-12-6-7-13-9-15(20)23-16(12)13)18-17(21)22-10-11-4-2-1-3-5-11/h1-5,12-13,16H,6-10H2,(H,18,19,21)/t12-,13-,16-/m0/s1. The number of esters is 1. The molecule has 3 rings (SSSR count). The minimum atomic E-state index is -0.753. The quantitative estimate of drug-likeness (QED) is 0.861. The lowest BCUT2D eigenvalue weighted by Gasteiger charge is -2.16. The number of hydrogen-bond acceptors (Lipinski definition) is 5. The number of nitrogens with one attached hydrogen (secondary N) is 1. The highest BCUT2D eigenvalue weighted by Crippen LogP contribution is 2.41. The van der Waals surface area contributed by atoms with Gasteiger partial charge in [-0.05, 0) is 18.4 Å². The fourth-order valence-electron chi connectivity index (χ4n) is 3.35. The van der Waals surface area contributed by atoms with E-state index < -0.39 is 12.0 Å². The van der Waals surface area contributed by atoms with E-state index in [9.17, 15) is 14.4 Å². The third kappa shape index (κ3) is 3.88. The zero-order chi connectivity index (χ0) is 16.2. The summed E-state index contributed by atoms with van der Waals surface area (Å²) in [5.74, 6) is -0.359. The molecule has 23 heavy (non-hydrogen) atoms. The summed E-state index contributed by atoms with van der Waals surface area (Å²) < 4.78 is 10.3. The average Bonchev–Trinajstić information content (AvgIpc) is 3.07. The molecule has 1 N–H and O–H groups in total. The van der Waals surface area contributed by atoms with Gasteiger partial charge in [-0.1, -0.05) is 30.3 Å². The van der Waals surface area contributed by atoms with Crippen LogP contribution in [0.2, 0.25) is 0 Å². The highest BCUT2D eigenvalue weighted by Gasteiger charge is 2.45. The Kier molecular flexibility index (Phi) is 4.60. The van der Waals surface area contributed by atoms with Crippen LogP contribution in [0.25, 0.3) is 0 Å². The molecule has 2 fully saturated rings. The number of carbonyl (C=O) groups is 3. The number of fused-ring (bicyclic) bond motifs is 1. The topological polar surface area (TPSA) is 81.7 Å². The summed E-state index contributed by atoms with van der Waals surface area (Å²) in [7, 11) is 0. The van der Waals surface area contributed by atoms with Crippen molar-refractivity contribution in [2.24, 2.45) is 11.8 Å². The molecular weight excluding hydrogens is 298 g/mol. The smallest absolute Gasteiger partial charge is 0.414 e. The van der Waals surface area contributed by atoms with Gasteiger partial charge in [0.2, 0.25) is 5.91 Å². The number of benzene rings is 1. The molecular formula is C17H19NO5. The summed E-state index contributed by atoms with van der Waals surface area (Å²) in [6.45, 7) is 0.117. The molecule has 1 heterocycles. The monoisotopic (exact) mass is 317 g/mol. The van der Waals surface area contributed by atoms with Crippen LogP contribution in [-0.4, -0.2) is 24.1 Å². The van der Waals surface area contributed by atoms with Crippen LogP contribution >= 0.6 is 0 Å². The van der Waals surface area contributed by atoms with Crippen LogP contribution in [0.3, 0.4) is 0 Å². The van der Waals surface area contributed by atoms with Crippen molar-refractivity contribution in [1.82, 2.24) is 5.32 Å². The van der Waals surface area contributed by atoms with Gasteiger partial charge in [-0.3, -0.25) is 14.9 Å². The molecule has 6 nitrogen and oxygen atoms in total. The van der Waals surface area contributed by atoms with Crippen LogP contribution in [0.15, 0.2) is 30.3 Å². The molecule has 2 aliphatic rings. The van der Waals surface area contributed by atoms with Gasteiger partial charge >= 0.3 is 12.1 Å². The molecule has 0 aromatic heterocycles. The number of rotatable bonds is 4. The highest BCUT2D eigenvalue weighted by atomic mass is 16.6. The summed E-state index contributed by atoms with van der Waals surface area (Å²) in [5, 5.41) is 2.23. The normalized spacial score (nSPS) is 25.6. The van der Waals surface area contributed by atoms with Crippen molar-refractivity contribution < 1.29 is 23.9 Å². The minimum absolute atomic E-state index is 0.00614. The molecule has 0 radical (unpaired) electrons. The van der Waals surface area contributed by atoms with Crippen molar-refractivity contribution in [3.8, 4) is 0 Å². The van der Waals surface area contributed by atoms with Gasteiger partial charge in [0.15, 0.2) is 0 Å². The third-order valence-corrected chi connectivity index (χ3v) is 4.44. The van der Waals surface area contributed by atoms with Crippen molar-refractivity contribution in [2.75, 3.05) is 0 Å². The summed E-state index contributed by atoms with van der Waals surface area (Å²) in [4.78, 5) is 34.9. The van der Waals surface area contributed by atoms with Crippen LogP contribution in [-0.2, 0) is 25.7 Å². The number of imide groups is 1. The molecule has 3 atom stereocenters. The SMILES string of the molecule is O=C(C[C@@H]1CC[C@H]2CC(=O)O[C@@H]12)NC(=O)OCc1ccccc1. The first-order chi connectivity index (χ1) is 11.1. The van der Waals surface area contributed by atoms with E-state index in [1.807, 2.05) is 30.3 Å². The Balaban J connectivity index is 1.42. The van der Waals surface area contributed by atoms with E-state index in [1.165, 1.54) is 0 Å². The van der Waals surface area contributed by atoms with E-state index in [0.717, 1.165) is 18.4 Å². The first kappa shape index (κ1) is 15.5. The van der Waals surface area contributed by atoms with Crippen LogP contribution in [0.1, 0.15) is 31.2 Å². The lowest BCUT2D eigenvalue weighted by molar-refractivity contribution is -0.144. The molecule has 2 amide bonds. The van der Waals surface area contributed by atoms with Gasteiger partial charge in [-0.2, -0.15) is 0 Å². The summed E-state index contributed by atoms with van der Waals surface area (Å²) in [6, 6.07) is 9.24. The number of amides is 2. The molecule has 1 saturated heterocycles. The molecule has 1 saturated carbocycles. The van der Waals surface area contributed by atoms with Crippen molar-refractivity contribution in [3.05, 3.63) is 35.9 Å². The Hall–Kier alpha value is -2.37. The number of ether oxygens (including phenoxy) is 2. The average molecular weight is 317 g/mol. The second kappa shape index (κ2) is 6.81. The van der Waals surface area contributed by atoms with Crippen molar-refractivity contribution in [3.63, 3.8) is 0 Å². The van der Waals surface area contributed by atoms with Gasteiger partial charge in [0, 0.05) is 18.3 Å². The molecule has 1 aliphatic heterocycles. The van der Waals surface area contributed by atoms with E-state index in [1.54, 1.807) is 0 Å². The Labute approximate surface area is 134 Å². The number of alkyl carbamates (subject to hydrolysis) is 1. The fraction of sp³-hybridized carbons (Fsp3) is 0.471. The molecule has 6 heteroatoms. The molecule has 122 valence electrons. The summed E-state index contributed by atoms with van der Waals surface area (Å²) in [6.07, 6.45) is 1.43. The molecule has 0 unspecified atom stereocenters. The van der Waals surface area contributed by atoms with Crippen LogP contribution in [0.4, 0.5) is 4.79 Å². The number of hydrogen-bond donors (Lipinski definition) is 1. The predicted octanol–water partition coefficient (Wildman–Crippen LogP) is 2.17. The van der Waals surface area contributed by atoms with Crippen molar-refractivity contribution in [2.45, 2.75) is 38.4 Å². The third-order valence-electron chi connectivity index (χ3n) is 4.44. The van der Waals surface area contributed by atoms with Crippen molar-refractivity contribution >= 4 is 18.0 Å². The van der Waals surface area contributed by atoms with Gasteiger partial charge in [-0.25, -0.2) is 4.79 Å². The lowest BCUT2D eigenvalue weighted by atomic mass is 9.98. The summed E-state index contributed by atoms with van der Waals surface area (Å²) >= 11 is 0. The predicted molar refractivity (Wildman–Crippen MR) is 80.1 cm³/mol. The van der Waals surface area contributed by atoms with E-state index in [2.05, 4.69) is 5.32 Å². The fourth-order valence-corrected chi connectivity index (χ4v) is 3.35. The Bertz CT molecular complexity index is 600. The molecule has 1 aromatic carbocycles. The first-order valence-electron chi connectivity index (χ1n) is 7.82. The maximum atomic E-state index is 11.9. The van der Waals surface area contributed by atoms with Gasteiger partial charge in [0.1, 0.15) is 12.7 Å². The van der Waals surface area contributed by atoms with Crippen molar-refractivity contribution in [1.29, 1.82) is 0 Å². The van der Waals surface area contributed by atoms with Gasteiger partial charge in [-0.15, -0.1) is 0 Å². The maximum absolute atomic E-state index is 11.9. The summed E-state index contributed by atoms with van der Waals surface area (Å²) in [5.41, 5.74) is 0.853. The van der Waals surface area contributed by atoms with Crippen LogP contribution in [0, 0.1) is 11.8 Å². The Morgan fingerprint density at radius 2 is 2.00 bits per heavy atom. The van der Waals surface area contributed by atoms with Gasteiger partial charge < -0.3 is 9.47 Å². The van der Waals surface area contributed by atoms with Crippen LogP contribution < -0.4 is 5.32 Å². The highest BCUT2D eigenvalue weighted by molar-refractivity contribution is 5.91. The van der Waals surface area contributed by atoms with E-state index in [0.29, 0.717) is 6.42 Å². The molecule has 1 aromatic rings. The Morgan fingerprint density at radius 1 is 1.22 bits per heavy atom. The second-order valence-electron chi connectivity index (χ2n) is 6.07. The van der Waals surface area contributed by atoms with E-state index in [4.69, 9.17) is 9.47 Å². The largest absolute Gasteiger partial charge is 0.462 e. The molecule has 0 spiro atoms. The molecule has 0 bridgehead atoms. The molecule has 1 aliphatic carbocycles. The van der Waals surface area contributed by atoms with Gasteiger partial charge in [0.25, 0.3) is 0 Å². The maximum Gasteiger partial charge on any atom is 0.414 e. The second-order valence-corrected chi connectivity index (χ2v) is 6.07. The van der Waals surface area contributed by atoms with Gasteiger partial charge in [0.05, 0.1) is 6.42 Å². The van der Waals surface area contributed by atoms with E-state index >= 15 is 0 Å². The zero-order valence-corrected chi connectivity index (χ0v) is 12.7. The minimum Gasteiger partial charge on any atom is -0.462 e. The van der Waals surface area contributed by atoms with Crippen LogP contribution in [0.5, 0.6) is 0 Å². The number of carbonyl (C=O) groups excluding carboxylic acids is 3. The lowest BCUT2D eigenvalue weighted by Crippen LogP contribution is -2.34. The van der Waals surface area contributed by atoms with E-state index in [-0.39, 0.29) is 36.9 Å².